The molecule has 1 aliphatic rings. The lowest BCUT2D eigenvalue weighted by Gasteiger charge is -2.33. The van der Waals surface area contributed by atoms with Crippen LogP contribution in [0.4, 0.5) is 0 Å². The molecular formula is C21H26N2O2. The van der Waals surface area contributed by atoms with E-state index in [-0.39, 0.29) is 17.9 Å². The number of fused-ring (bicyclic) bond motifs is 1. The second-order valence-electron chi connectivity index (χ2n) is 7.25. The van der Waals surface area contributed by atoms with E-state index in [2.05, 4.69) is 19.2 Å². The molecule has 1 fully saturated rings. The lowest BCUT2D eigenvalue weighted by molar-refractivity contribution is -0.133. The van der Waals surface area contributed by atoms with Crippen molar-refractivity contribution in [2.75, 3.05) is 13.1 Å². The Hall–Kier alpha value is -2.36. The summed E-state index contributed by atoms with van der Waals surface area (Å²) in [4.78, 5) is 26.8. The summed E-state index contributed by atoms with van der Waals surface area (Å²) in [6.45, 7) is 5.59. The molecule has 1 heterocycles. The Bertz CT molecular complexity index is 756. The van der Waals surface area contributed by atoms with Crippen molar-refractivity contribution in [1.29, 1.82) is 0 Å². The highest BCUT2D eigenvalue weighted by atomic mass is 16.2. The van der Waals surface area contributed by atoms with E-state index in [1.54, 1.807) is 0 Å². The number of piperidine rings is 1. The SMILES string of the molecule is CC(C)CC(=O)N1CCC(NC(=O)c2cccc3ccccc23)CC1. The molecule has 0 bridgehead atoms. The van der Waals surface area contributed by atoms with E-state index < -0.39 is 0 Å². The molecule has 0 aliphatic carbocycles. The van der Waals surface area contributed by atoms with Crippen LogP contribution >= 0.6 is 0 Å². The molecule has 1 N–H and O–H groups in total. The molecule has 4 nitrogen and oxygen atoms in total. The van der Waals surface area contributed by atoms with Gasteiger partial charge in [0.1, 0.15) is 0 Å². The van der Waals surface area contributed by atoms with E-state index in [0.29, 0.717) is 12.3 Å². The summed E-state index contributed by atoms with van der Waals surface area (Å²) >= 11 is 0. The summed E-state index contributed by atoms with van der Waals surface area (Å²) in [5, 5.41) is 5.20. The first-order valence-corrected chi connectivity index (χ1v) is 9.11. The predicted molar refractivity (Wildman–Crippen MR) is 100 cm³/mol. The molecule has 0 atom stereocenters. The molecule has 2 aromatic rings. The first-order valence-electron chi connectivity index (χ1n) is 9.11. The predicted octanol–water partition coefficient (Wildman–Crippen LogP) is 3.61. The van der Waals surface area contributed by atoms with Crippen molar-refractivity contribution in [3.8, 4) is 0 Å². The van der Waals surface area contributed by atoms with Gasteiger partial charge in [-0.2, -0.15) is 0 Å². The third kappa shape index (κ3) is 4.19. The van der Waals surface area contributed by atoms with Gasteiger partial charge in [0.25, 0.3) is 5.91 Å². The molecule has 1 aliphatic heterocycles. The molecular weight excluding hydrogens is 312 g/mol. The third-order valence-corrected chi connectivity index (χ3v) is 4.80. The number of nitrogens with zero attached hydrogens (tertiary/aromatic N) is 1. The zero-order valence-corrected chi connectivity index (χ0v) is 15.0. The van der Waals surface area contributed by atoms with Crippen molar-refractivity contribution in [1.82, 2.24) is 10.2 Å². The number of hydrogen-bond donors (Lipinski definition) is 1. The van der Waals surface area contributed by atoms with Crippen LogP contribution in [0, 0.1) is 5.92 Å². The van der Waals surface area contributed by atoms with Gasteiger partial charge in [-0.1, -0.05) is 50.2 Å². The highest BCUT2D eigenvalue weighted by Gasteiger charge is 2.24. The van der Waals surface area contributed by atoms with E-state index in [9.17, 15) is 9.59 Å². The van der Waals surface area contributed by atoms with Gasteiger partial charge in [-0.3, -0.25) is 9.59 Å². The molecule has 0 radical (unpaired) electrons. The van der Waals surface area contributed by atoms with Gasteiger partial charge in [-0.15, -0.1) is 0 Å². The average molecular weight is 338 g/mol. The largest absolute Gasteiger partial charge is 0.349 e. The van der Waals surface area contributed by atoms with Crippen LogP contribution in [0.3, 0.4) is 0 Å². The Morgan fingerprint density at radius 1 is 1.08 bits per heavy atom. The lowest BCUT2D eigenvalue weighted by atomic mass is 10.0. The number of carbonyl (C=O) groups excluding carboxylic acids is 2. The number of nitrogens with one attached hydrogen (secondary N) is 1. The number of amides is 2. The van der Waals surface area contributed by atoms with Gasteiger partial charge in [0.05, 0.1) is 0 Å². The number of carbonyl (C=O) groups is 2. The maximum Gasteiger partial charge on any atom is 0.252 e. The molecule has 3 rings (SSSR count). The average Bonchev–Trinajstić information content (AvgIpc) is 2.61. The summed E-state index contributed by atoms with van der Waals surface area (Å²) in [5.74, 6) is 0.592. The lowest BCUT2D eigenvalue weighted by Crippen LogP contribution is -2.46. The normalized spacial score (nSPS) is 15.6. The zero-order valence-electron chi connectivity index (χ0n) is 15.0. The van der Waals surface area contributed by atoms with Gasteiger partial charge in [0, 0.05) is 31.1 Å². The van der Waals surface area contributed by atoms with E-state index in [4.69, 9.17) is 0 Å². The van der Waals surface area contributed by atoms with Crippen LogP contribution in [0.25, 0.3) is 10.8 Å². The van der Waals surface area contributed by atoms with E-state index in [1.165, 1.54) is 0 Å². The Morgan fingerprint density at radius 3 is 2.48 bits per heavy atom. The molecule has 0 unspecified atom stereocenters. The summed E-state index contributed by atoms with van der Waals surface area (Å²) in [6.07, 6.45) is 2.24. The Labute approximate surface area is 149 Å². The first-order chi connectivity index (χ1) is 12.0. The Kier molecular flexibility index (Phi) is 5.37. The smallest absolute Gasteiger partial charge is 0.252 e. The summed E-state index contributed by atoms with van der Waals surface area (Å²) in [7, 11) is 0. The molecule has 132 valence electrons. The fourth-order valence-electron chi connectivity index (χ4n) is 3.44. The second-order valence-corrected chi connectivity index (χ2v) is 7.25. The Morgan fingerprint density at radius 2 is 1.76 bits per heavy atom. The molecule has 0 aromatic heterocycles. The van der Waals surface area contributed by atoms with Crippen LogP contribution in [0.1, 0.15) is 43.5 Å². The third-order valence-electron chi connectivity index (χ3n) is 4.80. The van der Waals surface area contributed by atoms with Crippen molar-refractivity contribution >= 4 is 22.6 Å². The highest BCUT2D eigenvalue weighted by molar-refractivity contribution is 6.07. The maximum atomic E-state index is 12.7. The number of benzene rings is 2. The molecule has 0 saturated carbocycles. The minimum atomic E-state index is -0.0243. The van der Waals surface area contributed by atoms with Crippen LogP contribution < -0.4 is 5.32 Å². The van der Waals surface area contributed by atoms with Crippen LogP contribution in [0.15, 0.2) is 42.5 Å². The standard InChI is InChI=1S/C21H26N2O2/c1-15(2)14-20(24)23-12-10-17(11-13-23)22-21(25)19-9-5-7-16-6-3-4-8-18(16)19/h3-9,15,17H,10-14H2,1-2H3,(H,22,25). The van der Waals surface area contributed by atoms with E-state index in [1.807, 2.05) is 47.4 Å². The van der Waals surface area contributed by atoms with Gasteiger partial charge in [-0.05, 0) is 35.6 Å². The molecule has 2 aromatic carbocycles. The minimum absolute atomic E-state index is 0.0243. The summed E-state index contributed by atoms with van der Waals surface area (Å²) in [5.41, 5.74) is 0.719. The monoisotopic (exact) mass is 338 g/mol. The van der Waals surface area contributed by atoms with Crippen molar-refractivity contribution in [3.05, 3.63) is 48.0 Å². The molecule has 2 amide bonds. The first kappa shape index (κ1) is 17.5. The minimum Gasteiger partial charge on any atom is -0.349 e. The van der Waals surface area contributed by atoms with Gasteiger partial charge in [0.2, 0.25) is 5.91 Å². The Balaban J connectivity index is 1.60. The van der Waals surface area contributed by atoms with Crippen LogP contribution in [0.5, 0.6) is 0 Å². The second kappa shape index (κ2) is 7.68. The van der Waals surface area contributed by atoms with Crippen molar-refractivity contribution in [3.63, 3.8) is 0 Å². The van der Waals surface area contributed by atoms with Crippen molar-refractivity contribution in [2.24, 2.45) is 5.92 Å². The fourth-order valence-corrected chi connectivity index (χ4v) is 3.44. The zero-order chi connectivity index (χ0) is 17.8. The van der Waals surface area contributed by atoms with Crippen LogP contribution in [-0.4, -0.2) is 35.8 Å². The fraction of sp³-hybridized carbons (Fsp3) is 0.429. The quantitative estimate of drug-likeness (QED) is 0.926. The van der Waals surface area contributed by atoms with Crippen LogP contribution in [0.2, 0.25) is 0 Å². The van der Waals surface area contributed by atoms with Gasteiger partial charge < -0.3 is 10.2 Å². The number of rotatable bonds is 4. The van der Waals surface area contributed by atoms with Gasteiger partial charge >= 0.3 is 0 Å². The number of hydrogen-bond acceptors (Lipinski definition) is 2. The number of likely N-dealkylation sites (tertiary alicyclic amines) is 1. The molecule has 0 spiro atoms. The highest BCUT2D eigenvalue weighted by Crippen LogP contribution is 2.19. The molecule has 4 heteroatoms. The van der Waals surface area contributed by atoms with Gasteiger partial charge in [0.15, 0.2) is 0 Å². The van der Waals surface area contributed by atoms with E-state index in [0.717, 1.165) is 42.3 Å². The molecule has 1 saturated heterocycles. The summed E-state index contributed by atoms with van der Waals surface area (Å²) in [6, 6.07) is 13.9. The van der Waals surface area contributed by atoms with Gasteiger partial charge in [-0.25, -0.2) is 0 Å². The van der Waals surface area contributed by atoms with Crippen molar-refractivity contribution < 1.29 is 9.59 Å². The topological polar surface area (TPSA) is 49.4 Å². The van der Waals surface area contributed by atoms with Crippen molar-refractivity contribution in [2.45, 2.75) is 39.2 Å². The maximum absolute atomic E-state index is 12.7. The molecule has 25 heavy (non-hydrogen) atoms. The van der Waals surface area contributed by atoms with E-state index >= 15 is 0 Å². The van der Waals surface area contributed by atoms with Crippen LogP contribution in [-0.2, 0) is 4.79 Å². The summed E-state index contributed by atoms with van der Waals surface area (Å²) < 4.78 is 0.